The second kappa shape index (κ2) is 7.13. The van der Waals surface area contributed by atoms with E-state index in [0.29, 0.717) is 6.42 Å². The summed E-state index contributed by atoms with van der Waals surface area (Å²) < 4.78 is 11.3. The first-order valence-electron chi connectivity index (χ1n) is 7.70. The van der Waals surface area contributed by atoms with Crippen LogP contribution >= 0.6 is 22.6 Å². The Kier molecular flexibility index (Phi) is 5.57. The third-order valence-electron chi connectivity index (χ3n) is 3.73. The molecule has 1 aromatic carbocycles. The number of carbonyl (C=O) groups is 2. The highest BCUT2D eigenvalue weighted by Crippen LogP contribution is 2.36. The van der Waals surface area contributed by atoms with E-state index in [2.05, 4.69) is 27.9 Å². The largest absolute Gasteiger partial charge is 0.467 e. The normalized spacial score (nSPS) is 23.0. The molecule has 24 heavy (non-hydrogen) atoms. The van der Waals surface area contributed by atoms with Crippen LogP contribution in [-0.4, -0.2) is 30.3 Å². The van der Waals surface area contributed by atoms with E-state index in [1.165, 1.54) is 7.11 Å². The van der Waals surface area contributed by atoms with Crippen LogP contribution in [0.5, 0.6) is 0 Å². The summed E-state index contributed by atoms with van der Waals surface area (Å²) in [6, 6.07) is 8.08. The lowest BCUT2D eigenvalue weighted by molar-refractivity contribution is -0.146. The fourth-order valence-corrected chi connectivity index (χ4v) is 3.02. The number of hydrogen-bond donors (Lipinski definition) is 1. The van der Waals surface area contributed by atoms with Crippen LogP contribution in [-0.2, 0) is 14.3 Å². The van der Waals surface area contributed by atoms with Crippen LogP contribution in [0.15, 0.2) is 36.4 Å². The number of nitrogens with one attached hydrogen (secondary N) is 1. The highest BCUT2D eigenvalue weighted by Gasteiger charge is 2.45. The number of halogens is 1. The molecular weight excluding hydrogens is 421 g/mol. The molecule has 0 radical (unpaired) electrons. The summed E-state index contributed by atoms with van der Waals surface area (Å²) in [5.74, 6) is -0.478. The van der Waals surface area contributed by atoms with Gasteiger partial charge in [-0.3, -0.25) is 0 Å². The zero-order chi connectivity index (χ0) is 18.0. The number of allylic oxidation sites excluding steroid dienone is 1. The quantitative estimate of drug-likeness (QED) is 0.439. The maximum Gasteiger partial charge on any atom is 0.408 e. The Morgan fingerprint density at radius 2 is 1.88 bits per heavy atom. The molecule has 0 unspecified atom stereocenters. The van der Waals surface area contributed by atoms with E-state index < -0.39 is 23.2 Å². The molecule has 1 aliphatic carbocycles. The molecule has 0 fully saturated rings. The van der Waals surface area contributed by atoms with Gasteiger partial charge in [-0.15, -0.1) is 0 Å². The number of alkyl carbamates (subject to hydrolysis) is 1. The Morgan fingerprint density at radius 3 is 2.42 bits per heavy atom. The van der Waals surface area contributed by atoms with Gasteiger partial charge < -0.3 is 14.8 Å². The maximum absolute atomic E-state index is 12.3. The Balaban J connectivity index is 2.19. The molecule has 1 aliphatic rings. The predicted octanol–water partition coefficient (Wildman–Crippen LogP) is 3.77. The summed E-state index contributed by atoms with van der Waals surface area (Å²) in [5.41, 5.74) is -0.757. The number of esters is 1. The monoisotopic (exact) mass is 443 g/mol. The van der Waals surface area contributed by atoms with E-state index >= 15 is 0 Å². The van der Waals surface area contributed by atoms with Crippen molar-refractivity contribution in [3.05, 3.63) is 45.6 Å². The highest BCUT2D eigenvalue weighted by atomic mass is 127. The number of benzene rings is 1. The Labute approximate surface area is 155 Å². The summed E-state index contributed by atoms with van der Waals surface area (Å²) in [6.07, 6.45) is 3.39. The van der Waals surface area contributed by atoms with E-state index in [4.69, 9.17) is 9.47 Å². The first kappa shape index (κ1) is 18.8. The van der Waals surface area contributed by atoms with E-state index in [-0.39, 0.29) is 5.92 Å². The molecule has 2 atom stereocenters. The number of ether oxygens (including phenoxy) is 2. The average molecular weight is 443 g/mol. The fraction of sp³-hybridized carbons (Fsp3) is 0.444. The van der Waals surface area contributed by atoms with Gasteiger partial charge >= 0.3 is 12.1 Å². The maximum atomic E-state index is 12.3. The molecule has 0 aliphatic heterocycles. The van der Waals surface area contributed by atoms with Crippen molar-refractivity contribution in [1.82, 2.24) is 5.32 Å². The van der Waals surface area contributed by atoms with Gasteiger partial charge in [-0.1, -0.05) is 24.3 Å². The third-order valence-corrected chi connectivity index (χ3v) is 4.45. The lowest BCUT2D eigenvalue weighted by Crippen LogP contribution is -2.54. The number of methoxy groups -OCH3 is 1. The van der Waals surface area contributed by atoms with Crippen molar-refractivity contribution in [1.29, 1.82) is 0 Å². The molecule has 0 heterocycles. The van der Waals surface area contributed by atoms with Crippen LogP contribution < -0.4 is 5.32 Å². The second-order valence-electron chi connectivity index (χ2n) is 6.81. The molecule has 1 amide bonds. The summed E-state index contributed by atoms with van der Waals surface area (Å²) in [5, 5.41) is 2.69. The van der Waals surface area contributed by atoms with Gasteiger partial charge in [-0.2, -0.15) is 0 Å². The second-order valence-corrected chi connectivity index (χ2v) is 8.06. The number of carbonyl (C=O) groups excluding carboxylic acids is 2. The molecular formula is C18H22INO4. The summed E-state index contributed by atoms with van der Waals surface area (Å²) >= 11 is 2.25. The van der Waals surface area contributed by atoms with Gasteiger partial charge in [-0.25, -0.2) is 9.59 Å². The van der Waals surface area contributed by atoms with Crippen LogP contribution in [0.25, 0.3) is 0 Å². The number of amides is 1. The van der Waals surface area contributed by atoms with Crippen LogP contribution in [0, 0.1) is 3.57 Å². The first-order chi connectivity index (χ1) is 11.1. The van der Waals surface area contributed by atoms with Gasteiger partial charge in [0.2, 0.25) is 0 Å². The molecule has 1 N–H and O–H groups in total. The molecule has 0 aromatic heterocycles. The Bertz CT molecular complexity index is 648. The first-order valence-corrected chi connectivity index (χ1v) is 8.77. The fourth-order valence-electron chi connectivity index (χ4n) is 2.67. The zero-order valence-electron chi connectivity index (χ0n) is 14.3. The van der Waals surface area contributed by atoms with Crippen molar-refractivity contribution >= 4 is 34.7 Å². The van der Waals surface area contributed by atoms with Gasteiger partial charge in [0, 0.05) is 9.49 Å². The zero-order valence-corrected chi connectivity index (χ0v) is 16.4. The average Bonchev–Trinajstić information content (AvgIpc) is 2.90. The molecule has 0 spiro atoms. The molecule has 0 saturated heterocycles. The topological polar surface area (TPSA) is 64.6 Å². The molecule has 130 valence electrons. The molecule has 1 aromatic rings. The summed E-state index contributed by atoms with van der Waals surface area (Å²) in [7, 11) is 1.31. The molecule has 5 nitrogen and oxygen atoms in total. The lowest BCUT2D eigenvalue weighted by atomic mass is 9.91. The minimum absolute atomic E-state index is 0.0241. The number of rotatable bonds is 3. The lowest BCUT2D eigenvalue weighted by Gasteiger charge is -2.29. The smallest absolute Gasteiger partial charge is 0.408 e. The summed E-state index contributed by atoms with van der Waals surface area (Å²) in [4.78, 5) is 24.5. The van der Waals surface area contributed by atoms with E-state index in [0.717, 1.165) is 9.13 Å². The Morgan fingerprint density at radius 1 is 1.25 bits per heavy atom. The van der Waals surface area contributed by atoms with Crippen molar-refractivity contribution in [3.63, 3.8) is 0 Å². The molecule has 0 bridgehead atoms. The van der Waals surface area contributed by atoms with Crippen LogP contribution in [0.4, 0.5) is 4.79 Å². The standard InChI is InChI=1S/C18H22INO4/c1-17(2,3)24-16(22)20-18(15(21)23-4)10-9-13(11-18)12-5-7-14(19)8-6-12/h5-10,13H,11H2,1-4H3,(H,20,22)/t13-,18+/m0/s1. The van der Waals surface area contributed by atoms with E-state index in [9.17, 15) is 9.59 Å². The molecule has 6 heteroatoms. The van der Waals surface area contributed by atoms with Crippen LogP contribution in [0.2, 0.25) is 0 Å². The highest BCUT2D eigenvalue weighted by molar-refractivity contribution is 14.1. The van der Waals surface area contributed by atoms with Gasteiger partial charge in [-0.05, 0) is 67.5 Å². The van der Waals surface area contributed by atoms with Gasteiger partial charge in [0.05, 0.1) is 7.11 Å². The molecule has 2 rings (SSSR count). The van der Waals surface area contributed by atoms with Crippen molar-refractivity contribution in [2.45, 2.75) is 44.2 Å². The van der Waals surface area contributed by atoms with E-state index in [1.807, 2.05) is 30.3 Å². The predicted molar refractivity (Wildman–Crippen MR) is 99.8 cm³/mol. The minimum atomic E-state index is -1.20. The van der Waals surface area contributed by atoms with Crippen molar-refractivity contribution in [2.24, 2.45) is 0 Å². The van der Waals surface area contributed by atoms with E-state index in [1.54, 1.807) is 26.8 Å². The van der Waals surface area contributed by atoms with Crippen molar-refractivity contribution in [2.75, 3.05) is 7.11 Å². The number of hydrogen-bond acceptors (Lipinski definition) is 4. The Hall–Kier alpha value is -1.57. The molecule has 0 saturated carbocycles. The van der Waals surface area contributed by atoms with Crippen LogP contribution in [0.1, 0.15) is 38.7 Å². The van der Waals surface area contributed by atoms with Gasteiger partial charge in [0.1, 0.15) is 5.60 Å². The summed E-state index contributed by atoms with van der Waals surface area (Å²) in [6.45, 7) is 5.32. The van der Waals surface area contributed by atoms with Crippen molar-refractivity contribution in [3.8, 4) is 0 Å². The van der Waals surface area contributed by atoms with Crippen molar-refractivity contribution < 1.29 is 19.1 Å². The SMILES string of the molecule is COC(=O)[C@@]1(NC(=O)OC(C)(C)C)C=C[C@H](c2ccc(I)cc2)C1. The third kappa shape index (κ3) is 4.49. The van der Waals surface area contributed by atoms with Gasteiger partial charge in [0.15, 0.2) is 5.54 Å². The minimum Gasteiger partial charge on any atom is -0.467 e. The van der Waals surface area contributed by atoms with Gasteiger partial charge in [0.25, 0.3) is 0 Å². The van der Waals surface area contributed by atoms with Crippen LogP contribution in [0.3, 0.4) is 0 Å².